The van der Waals surface area contributed by atoms with Gasteiger partial charge in [-0.05, 0) is 23.8 Å². The molecule has 0 saturated carbocycles. The fraction of sp³-hybridized carbons (Fsp3) is 0.0625. The Hall–Kier alpha value is -2.14. The SMILES string of the molecule is Nc1c(-c2cc(Br)ccc2F)ncn1Cc1ccccc1. The van der Waals surface area contributed by atoms with Gasteiger partial charge < -0.3 is 10.3 Å². The predicted molar refractivity (Wildman–Crippen MR) is 85.3 cm³/mol. The first-order chi connectivity index (χ1) is 10.1. The quantitative estimate of drug-likeness (QED) is 0.777. The molecule has 0 aliphatic heterocycles. The van der Waals surface area contributed by atoms with E-state index in [0.29, 0.717) is 23.6 Å². The molecule has 0 aliphatic carbocycles. The number of rotatable bonds is 3. The second-order valence-corrected chi connectivity index (χ2v) is 5.63. The fourth-order valence-corrected chi connectivity index (χ4v) is 2.55. The smallest absolute Gasteiger partial charge is 0.132 e. The second-order valence-electron chi connectivity index (χ2n) is 4.72. The molecule has 2 N–H and O–H groups in total. The zero-order valence-corrected chi connectivity index (χ0v) is 12.7. The Bertz CT molecular complexity index is 768. The van der Waals surface area contributed by atoms with Crippen LogP contribution in [-0.4, -0.2) is 9.55 Å². The van der Waals surface area contributed by atoms with E-state index >= 15 is 0 Å². The molecule has 0 unspecified atom stereocenters. The van der Waals surface area contributed by atoms with Gasteiger partial charge in [0, 0.05) is 10.0 Å². The van der Waals surface area contributed by atoms with Crippen molar-refractivity contribution in [1.29, 1.82) is 0 Å². The monoisotopic (exact) mass is 345 g/mol. The first-order valence-corrected chi connectivity index (χ1v) is 7.24. The Labute approximate surface area is 130 Å². The normalized spacial score (nSPS) is 10.8. The molecule has 106 valence electrons. The van der Waals surface area contributed by atoms with Crippen molar-refractivity contribution in [3.05, 3.63) is 70.7 Å². The lowest BCUT2D eigenvalue weighted by atomic mass is 10.1. The fourth-order valence-electron chi connectivity index (χ4n) is 2.18. The molecular weight excluding hydrogens is 333 g/mol. The van der Waals surface area contributed by atoms with Crippen LogP contribution in [0.15, 0.2) is 59.3 Å². The van der Waals surface area contributed by atoms with Crippen LogP contribution in [0.5, 0.6) is 0 Å². The van der Waals surface area contributed by atoms with Crippen LogP contribution in [0.2, 0.25) is 0 Å². The molecule has 5 heteroatoms. The molecule has 0 aliphatic rings. The van der Waals surface area contributed by atoms with Crippen molar-refractivity contribution in [2.24, 2.45) is 0 Å². The third-order valence-corrected chi connectivity index (χ3v) is 3.75. The van der Waals surface area contributed by atoms with Crippen LogP contribution in [-0.2, 0) is 6.54 Å². The third-order valence-electron chi connectivity index (χ3n) is 3.26. The van der Waals surface area contributed by atoms with E-state index in [1.165, 1.54) is 6.07 Å². The first kappa shape index (κ1) is 13.8. The number of anilines is 1. The molecule has 1 aromatic heterocycles. The maximum Gasteiger partial charge on any atom is 0.132 e. The highest BCUT2D eigenvalue weighted by atomic mass is 79.9. The summed E-state index contributed by atoms with van der Waals surface area (Å²) in [7, 11) is 0. The Morgan fingerprint density at radius 2 is 1.90 bits per heavy atom. The highest BCUT2D eigenvalue weighted by Gasteiger charge is 2.14. The molecule has 0 radical (unpaired) electrons. The number of aromatic nitrogens is 2. The van der Waals surface area contributed by atoms with Gasteiger partial charge >= 0.3 is 0 Å². The van der Waals surface area contributed by atoms with Gasteiger partial charge in [-0.15, -0.1) is 0 Å². The summed E-state index contributed by atoms with van der Waals surface area (Å²) in [6.07, 6.45) is 1.64. The number of imidazole rings is 1. The van der Waals surface area contributed by atoms with E-state index in [1.54, 1.807) is 18.5 Å². The minimum absolute atomic E-state index is 0.338. The lowest BCUT2D eigenvalue weighted by Gasteiger charge is -2.07. The van der Waals surface area contributed by atoms with E-state index < -0.39 is 0 Å². The minimum atomic E-state index is -0.338. The number of hydrogen-bond acceptors (Lipinski definition) is 2. The van der Waals surface area contributed by atoms with E-state index in [9.17, 15) is 4.39 Å². The maximum atomic E-state index is 13.9. The molecule has 0 amide bonds. The molecule has 1 heterocycles. The molecule has 0 saturated heterocycles. The Balaban J connectivity index is 1.98. The van der Waals surface area contributed by atoms with Gasteiger partial charge in [0.2, 0.25) is 0 Å². The largest absolute Gasteiger partial charge is 0.383 e. The molecule has 21 heavy (non-hydrogen) atoms. The Morgan fingerprint density at radius 3 is 2.67 bits per heavy atom. The predicted octanol–water partition coefficient (Wildman–Crippen LogP) is 4.08. The summed E-state index contributed by atoms with van der Waals surface area (Å²) in [5, 5.41) is 0. The molecule has 0 atom stereocenters. The molecular formula is C16H13BrFN3. The highest BCUT2D eigenvalue weighted by Crippen LogP contribution is 2.29. The van der Waals surface area contributed by atoms with Gasteiger partial charge in [-0.25, -0.2) is 9.37 Å². The summed E-state index contributed by atoms with van der Waals surface area (Å²) in [5.41, 5.74) is 8.09. The first-order valence-electron chi connectivity index (χ1n) is 6.45. The van der Waals surface area contributed by atoms with E-state index in [0.717, 1.165) is 10.0 Å². The Kier molecular flexibility index (Phi) is 3.75. The summed E-state index contributed by atoms with van der Waals surface area (Å²) in [6, 6.07) is 14.7. The van der Waals surface area contributed by atoms with Crippen LogP contribution < -0.4 is 5.73 Å². The highest BCUT2D eigenvalue weighted by molar-refractivity contribution is 9.10. The number of nitrogen functional groups attached to an aromatic ring is 1. The van der Waals surface area contributed by atoms with Crippen molar-refractivity contribution < 1.29 is 4.39 Å². The van der Waals surface area contributed by atoms with Gasteiger partial charge in [-0.2, -0.15) is 0 Å². The van der Waals surface area contributed by atoms with Crippen molar-refractivity contribution in [3.8, 4) is 11.3 Å². The van der Waals surface area contributed by atoms with Crippen LogP contribution in [0.3, 0.4) is 0 Å². The van der Waals surface area contributed by atoms with Crippen LogP contribution in [0.1, 0.15) is 5.56 Å². The molecule has 2 aromatic carbocycles. The second kappa shape index (κ2) is 5.69. The van der Waals surface area contributed by atoms with Crippen molar-refractivity contribution in [1.82, 2.24) is 9.55 Å². The summed E-state index contributed by atoms with van der Waals surface area (Å²) < 4.78 is 16.5. The molecule has 3 aromatic rings. The van der Waals surface area contributed by atoms with Crippen LogP contribution in [0.4, 0.5) is 10.2 Å². The summed E-state index contributed by atoms with van der Waals surface area (Å²) >= 11 is 3.34. The summed E-state index contributed by atoms with van der Waals surface area (Å²) in [5.74, 6) is 0.116. The van der Waals surface area contributed by atoms with Crippen molar-refractivity contribution in [3.63, 3.8) is 0 Å². The van der Waals surface area contributed by atoms with Crippen molar-refractivity contribution in [2.75, 3.05) is 5.73 Å². The topological polar surface area (TPSA) is 43.8 Å². The van der Waals surface area contributed by atoms with Crippen LogP contribution in [0, 0.1) is 5.82 Å². The zero-order chi connectivity index (χ0) is 14.8. The molecule has 0 bridgehead atoms. The van der Waals surface area contributed by atoms with Crippen LogP contribution >= 0.6 is 15.9 Å². The van der Waals surface area contributed by atoms with Gasteiger partial charge in [0.25, 0.3) is 0 Å². The summed E-state index contributed by atoms with van der Waals surface area (Å²) in [4.78, 5) is 4.26. The van der Waals surface area contributed by atoms with E-state index in [-0.39, 0.29) is 5.82 Å². The third kappa shape index (κ3) is 2.83. The molecule has 3 nitrogen and oxygen atoms in total. The number of nitrogens with zero attached hydrogens (tertiary/aromatic N) is 2. The van der Waals surface area contributed by atoms with Crippen molar-refractivity contribution >= 4 is 21.7 Å². The molecule has 0 fully saturated rings. The lowest BCUT2D eigenvalue weighted by Crippen LogP contribution is -2.03. The van der Waals surface area contributed by atoms with E-state index in [2.05, 4.69) is 20.9 Å². The standard InChI is InChI=1S/C16H13BrFN3/c17-12-6-7-14(18)13(8-12)15-16(19)21(10-20-15)9-11-4-2-1-3-5-11/h1-8,10H,9,19H2. The zero-order valence-electron chi connectivity index (χ0n) is 11.1. The van der Waals surface area contributed by atoms with Crippen molar-refractivity contribution in [2.45, 2.75) is 6.54 Å². The lowest BCUT2D eigenvalue weighted by molar-refractivity contribution is 0.630. The van der Waals surface area contributed by atoms with Gasteiger partial charge in [-0.1, -0.05) is 46.3 Å². The number of benzene rings is 2. The van der Waals surface area contributed by atoms with Crippen LogP contribution in [0.25, 0.3) is 11.3 Å². The van der Waals surface area contributed by atoms with Gasteiger partial charge in [0.15, 0.2) is 0 Å². The maximum absolute atomic E-state index is 13.9. The average molecular weight is 346 g/mol. The average Bonchev–Trinajstić information content (AvgIpc) is 2.84. The Morgan fingerprint density at radius 1 is 1.14 bits per heavy atom. The van der Waals surface area contributed by atoms with E-state index in [1.807, 2.05) is 34.9 Å². The molecule has 0 spiro atoms. The molecule has 3 rings (SSSR count). The minimum Gasteiger partial charge on any atom is -0.383 e. The number of hydrogen-bond donors (Lipinski definition) is 1. The number of nitrogens with two attached hydrogens (primary N) is 1. The van der Waals surface area contributed by atoms with Gasteiger partial charge in [0.1, 0.15) is 17.3 Å². The summed E-state index contributed by atoms with van der Waals surface area (Å²) in [6.45, 7) is 0.606. The van der Waals surface area contributed by atoms with E-state index in [4.69, 9.17) is 5.73 Å². The van der Waals surface area contributed by atoms with Gasteiger partial charge in [0.05, 0.1) is 12.9 Å². The van der Waals surface area contributed by atoms with Gasteiger partial charge in [-0.3, -0.25) is 0 Å². The number of halogens is 2.